The number of hydrogen-bond acceptors (Lipinski definition) is 6. The van der Waals surface area contributed by atoms with Crippen LogP contribution in [-0.4, -0.2) is 36.4 Å². The highest BCUT2D eigenvalue weighted by molar-refractivity contribution is 5.80. The fourth-order valence-corrected chi connectivity index (χ4v) is 6.00. The van der Waals surface area contributed by atoms with Gasteiger partial charge in [-0.15, -0.1) is 0 Å². The minimum atomic E-state index is 0.147. The molecule has 0 bridgehead atoms. The van der Waals surface area contributed by atoms with Crippen molar-refractivity contribution < 1.29 is 0 Å². The summed E-state index contributed by atoms with van der Waals surface area (Å²) in [5.74, 6) is 2.16. The van der Waals surface area contributed by atoms with Crippen LogP contribution < -0.4 is 19.6 Å². The molecule has 2 aromatic heterocycles. The van der Waals surface area contributed by atoms with E-state index in [-0.39, 0.29) is 10.8 Å². The highest BCUT2D eigenvalue weighted by atomic mass is 15.4. The zero-order valence-electron chi connectivity index (χ0n) is 26.0. The Morgan fingerprint density at radius 1 is 0.548 bits per heavy atom. The fraction of sp³-hybridized carbons (Fsp3) is 0.389. The van der Waals surface area contributed by atoms with Crippen molar-refractivity contribution in [2.24, 2.45) is 0 Å². The monoisotopic (exact) mass is 560 g/mol. The molecule has 6 nitrogen and oxygen atoms in total. The van der Waals surface area contributed by atoms with Gasteiger partial charge in [-0.25, -0.2) is 9.97 Å². The molecular formula is C36H44N6. The van der Waals surface area contributed by atoms with Gasteiger partial charge in [-0.3, -0.25) is 0 Å². The summed E-state index contributed by atoms with van der Waals surface area (Å²) in [5, 5.41) is 0. The zero-order valence-corrected chi connectivity index (χ0v) is 26.0. The molecule has 6 rings (SSSR count). The summed E-state index contributed by atoms with van der Waals surface area (Å²) in [4.78, 5) is 19.2. The van der Waals surface area contributed by atoms with Gasteiger partial charge in [0.2, 0.25) is 0 Å². The average Bonchev–Trinajstić information content (AvgIpc) is 3.53. The SMILES string of the molecule is CC(C)(C)c1ccc(N2CN(CCCCN3CN(c4ccc(C(C)(C)C)cc4)c4cccnc43)c3ncccc32)cc1. The Morgan fingerprint density at radius 3 is 1.29 bits per heavy atom. The molecule has 0 saturated carbocycles. The van der Waals surface area contributed by atoms with Gasteiger partial charge in [0.25, 0.3) is 0 Å². The summed E-state index contributed by atoms with van der Waals surface area (Å²) in [6, 6.07) is 26.5. The standard InChI is InChI=1S/C36H44N6/c1-35(2,3)27-13-17-29(18-14-27)41-25-39(33-31(41)11-9-21-37-33)23-7-8-24-40-26-42(32-12-10-22-38-34(32)40)30-19-15-28(16-20-30)36(4,5)6/h9-22H,7-8,23-26H2,1-6H3. The van der Waals surface area contributed by atoms with Crippen LogP contribution >= 0.6 is 0 Å². The van der Waals surface area contributed by atoms with Crippen LogP contribution in [-0.2, 0) is 10.8 Å². The number of hydrogen-bond donors (Lipinski definition) is 0. The van der Waals surface area contributed by atoms with Crippen LogP contribution in [0.2, 0.25) is 0 Å². The summed E-state index contributed by atoms with van der Waals surface area (Å²) >= 11 is 0. The molecule has 2 aliphatic heterocycles. The molecule has 0 saturated heterocycles. The van der Waals surface area contributed by atoms with Crippen molar-refractivity contribution in [3.8, 4) is 0 Å². The molecular weight excluding hydrogens is 516 g/mol. The Kier molecular flexibility index (Phi) is 7.34. The molecule has 0 atom stereocenters. The first-order chi connectivity index (χ1) is 20.1. The van der Waals surface area contributed by atoms with Gasteiger partial charge in [0.15, 0.2) is 11.6 Å². The molecule has 0 aliphatic carbocycles. The van der Waals surface area contributed by atoms with Crippen molar-refractivity contribution in [3.05, 3.63) is 96.3 Å². The van der Waals surface area contributed by atoms with Crippen LogP contribution in [0.4, 0.5) is 34.4 Å². The second kappa shape index (κ2) is 11.0. The lowest BCUT2D eigenvalue weighted by molar-refractivity contribution is 0.590. The number of pyridine rings is 2. The lowest BCUT2D eigenvalue weighted by Gasteiger charge is -2.24. The van der Waals surface area contributed by atoms with Crippen LogP contribution in [0.15, 0.2) is 85.2 Å². The van der Waals surface area contributed by atoms with E-state index in [4.69, 9.17) is 9.97 Å². The summed E-state index contributed by atoms with van der Waals surface area (Å²) in [7, 11) is 0. The maximum absolute atomic E-state index is 4.78. The van der Waals surface area contributed by atoms with Gasteiger partial charge >= 0.3 is 0 Å². The number of fused-ring (bicyclic) bond motifs is 2. The molecule has 218 valence electrons. The molecule has 0 amide bonds. The van der Waals surface area contributed by atoms with Crippen molar-refractivity contribution in [1.82, 2.24) is 9.97 Å². The van der Waals surface area contributed by atoms with E-state index in [1.54, 1.807) is 0 Å². The van der Waals surface area contributed by atoms with Crippen molar-refractivity contribution in [2.45, 2.75) is 65.2 Å². The van der Waals surface area contributed by atoms with Crippen LogP contribution in [0.1, 0.15) is 65.5 Å². The van der Waals surface area contributed by atoms with E-state index in [0.29, 0.717) is 0 Å². The maximum atomic E-state index is 4.78. The minimum absolute atomic E-state index is 0.147. The molecule has 0 unspecified atom stereocenters. The highest BCUT2D eigenvalue weighted by Gasteiger charge is 2.30. The van der Waals surface area contributed by atoms with Crippen LogP contribution in [0.25, 0.3) is 0 Å². The van der Waals surface area contributed by atoms with Crippen molar-refractivity contribution in [2.75, 3.05) is 46.0 Å². The molecule has 0 fully saturated rings. The zero-order chi connectivity index (χ0) is 29.5. The minimum Gasteiger partial charge on any atom is -0.337 e. The van der Waals surface area contributed by atoms with Gasteiger partial charge < -0.3 is 19.6 Å². The Bertz CT molecular complexity index is 1400. The third kappa shape index (κ3) is 5.55. The van der Waals surface area contributed by atoms with E-state index < -0.39 is 0 Å². The topological polar surface area (TPSA) is 38.7 Å². The highest BCUT2D eigenvalue weighted by Crippen LogP contribution is 2.41. The predicted molar refractivity (Wildman–Crippen MR) is 177 cm³/mol. The summed E-state index contributed by atoms with van der Waals surface area (Å²) in [6.45, 7) is 17.2. The Morgan fingerprint density at radius 2 is 0.929 bits per heavy atom. The van der Waals surface area contributed by atoms with Crippen molar-refractivity contribution in [3.63, 3.8) is 0 Å². The number of unbranched alkanes of at least 4 members (excludes halogenated alkanes) is 1. The second-order valence-corrected chi connectivity index (χ2v) is 13.7. The van der Waals surface area contributed by atoms with Crippen molar-refractivity contribution >= 4 is 34.4 Å². The first-order valence-corrected chi connectivity index (χ1v) is 15.3. The third-order valence-corrected chi connectivity index (χ3v) is 8.53. The average molecular weight is 561 g/mol. The number of rotatable bonds is 7. The maximum Gasteiger partial charge on any atom is 0.154 e. The number of anilines is 6. The van der Waals surface area contributed by atoms with Gasteiger partial charge in [-0.05, 0) is 83.3 Å². The molecule has 2 aliphatic rings. The second-order valence-electron chi connectivity index (χ2n) is 13.7. The van der Waals surface area contributed by atoms with Gasteiger partial charge in [0, 0.05) is 36.9 Å². The van der Waals surface area contributed by atoms with Crippen LogP contribution in [0, 0.1) is 0 Å². The molecule has 0 radical (unpaired) electrons. The third-order valence-electron chi connectivity index (χ3n) is 8.53. The van der Waals surface area contributed by atoms with E-state index >= 15 is 0 Å². The quantitative estimate of drug-likeness (QED) is 0.211. The largest absolute Gasteiger partial charge is 0.337 e. The Labute approximate surface area is 251 Å². The summed E-state index contributed by atoms with van der Waals surface area (Å²) in [6.07, 6.45) is 6.00. The predicted octanol–water partition coefficient (Wildman–Crippen LogP) is 8.38. The summed E-state index contributed by atoms with van der Waals surface area (Å²) < 4.78 is 0. The molecule has 6 heteroatoms. The molecule has 4 heterocycles. The lowest BCUT2D eigenvalue weighted by atomic mass is 9.87. The van der Waals surface area contributed by atoms with E-state index in [9.17, 15) is 0 Å². The van der Waals surface area contributed by atoms with E-state index in [2.05, 4.69) is 122 Å². The molecule has 2 aromatic carbocycles. The molecule has 0 spiro atoms. The molecule has 4 aromatic rings. The van der Waals surface area contributed by atoms with Gasteiger partial charge in [-0.1, -0.05) is 65.8 Å². The number of nitrogens with zero attached hydrogens (tertiary/aromatic N) is 6. The van der Waals surface area contributed by atoms with E-state index in [1.165, 1.54) is 33.9 Å². The normalized spacial score (nSPS) is 14.9. The van der Waals surface area contributed by atoms with E-state index in [1.807, 2.05) is 24.5 Å². The number of benzene rings is 2. The van der Waals surface area contributed by atoms with Crippen LogP contribution in [0.5, 0.6) is 0 Å². The van der Waals surface area contributed by atoms with Crippen molar-refractivity contribution in [1.29, 1.82) is 0 Å². The first kappa shape index (κ1) is 28.1. The first-order valence-electron chi connectivity index (χ1n) is 15.3. The van der Waals surface area contributed by atoms with Gasteiger partial charge in [0.05, 0.1) is 24.7 Å². The lowest BCUT2D eigenvalue weighted by Crippen LogP contribution is -2.31. The molecule has 42 heavy (non-hydrogen) atoms. The fourth-order valence-electron chi connectivity index (χ4n) is 6.00. The van der Waals surface area contributed by atoms with Gasteiger partial charge in [-0.2, -0.15) is 0 Å². The van der Waals surface area contributed by atoms with Gasteiger partial charge in [0.1, 0.15) is 0 Å². The van der Waals surface area contributed by atoms with E-state index in [0.717, 1.165) is 50.9 Å². The summed E-state index contributed by atoms with van der Waals surface area (Å²) in [5.41, 5.74) is 7.81. The Hall–Kier alpha value is -4.06. The number of aromatic nitrogens is 2. The smallest absolute Gasteiger partial charge is 0.154 e. The Balaban J connectivity index is 1.09. The molecule has 0 N–H and O–H groups in total. The van der Waals surface area contributed by atoms with Crippen LogP contribution in [0.3, 0.4) is 0 Å².